The highest BCUT2D eigenvalue weighted by Gasteiger charge is 2.32. The summed E-state index contributed by atoms with van der Waals surface area (Å²) in [4.78, 5) is 4.49. The molecule has 0 unspecified atom stereocenters. The highest BCUT2D eigenvalue weighted by Crippen LogP contribution is 2.34. The zero-order valence-corrected chi connectivity index (χ0v) is 10.9. The maximum atomic E-state index is 6.13. The van der Waals surface area contributed by atoms with E-state index in [1.165, 1.54) is 5.56 Å². The average molecular weight is 245 g/mol. The van der Waals surface area contributed by atoms with Crippen LogP contribution in [0, 0.1) is 6.92 Å². The molecule has 1 aliphatic rings. The second-order valence-corrected chi connectivity index (χ2v) is 5.41. The lowest BCUT2D eigenvalue weighted by Gasteiger charge is -2.36. The quantitative estimate of drug-likeness (QED) is 0.839. The zero-order valence-electron chi connectivity index (χ0n) is 10.9. The number of aromatic nitrogens is 2. The first-order valence-corrected chi connectivity index (χ1v) is 6.43. The molecule has 4 heteroatoms. The van der Waals surface area contributed by atoms with Gasteiger partial charge in [-0.1, -0.05) is 6.07 Å². The summed E-state index contributed by atoms with van der Waals surface area (Å²) < 4.78 is 7.64. The molecular formula is C14H19N3O. The molecule has 1 aliphatic heterocycles. The molecule has 2 heterocycles. The van der Waals surface area contributed by atoms with Gasteiger partial charge in [0.25, 0.3) is 0 Å². The Morgan fingerprint density at radius 1 is 1.33 bits per heavy atom. The maximum absolute atomic E-state index is 6.13. The van der Waals surface area contributed by atoms with Crippen molar-refractivity contribution < 1.29 is 4.74 Å². The number of hydrogen-bond acceptors (Lipinski definition) is 3. The predicted molar refractivity (Wildman–Crippen MR) is 72.6 cm³/mol. The molecule has 0 spiro atoms. The fraction of sp³-hybridized carbons (Fsp3) is 0.500. The number of hydrogen-bond donors (Lipinski definition) is 1. The van der Waals surface area contributed by atoms with Crippen LogP contribution in [0.5, 0.6) is 0 Å². The summed E-state index contributed by atoms with van der Waals surface area (Å²) in [6, 6.07) is 6.32. The van der Waals surface area contributed by atoms with Gasteiger partial charge in [0.15, 0.2) is 0 Å². The summed E-state index contributed by atoms with van der Waals surface area (Å²) in [5.41, 5.74) is 9.48. The van der Waals surface area contributed by atoms with E-state index in [0.29, 0.717) is 5.95 Å². The molecule has 1 saturated heterocycles. The minimum Gasteiger partial charge on any atom is -0.381 e. The van der Waals surface area contributed by atoms with E-state index in [9.17, 15) is 0 Å². The fourth-order valence-corrected chi connectivity index (χ4v) is 2.81. The molecule has 18 heavy (non-hydrogen) atoms. The second kappa shape index (κ2) is 3.99. The van der Waals surface area contributed by atoms with Gasteiger partial charge in [-0.25, -0.2) is 4.98 Å². The Balaban J connectivity index is 2.18. The summed E-state index contributed by atoms with van der Waals surface area (Å²) in [7, 11) is 0. The molecular weight excluding hydrogens is 226 g/mol. The van der Waals surface area contributed by atoms with Gasteiger partial charge < -0.3 is 15.0 Å². The van der Waals surface area contributed by atoms with Gasteiger partial charge in [-0.3, -0.25) is 0 Å². The number of rotatable bonds is 1. The highest BCUT2D eigenvalue weighted by molar-refractivity contribution is 5.79. The summed E-state index contributed by atoms with van der Waals surface area (Å²) in [6.07, 6.45) is 1.97. The average Bonchev–Trinajstić information content (AvgIpc) is 2.65. The van der Waals surface area contributed by atoms with Gasteiger partial charge in [0.2, 0.25) is 5.95 Å². The largest absolute Gasteiger partial charge is 0.381 e. The van der Waals surface area contributed by atoms with E-state index < -0.39 is 0 Å². The van der Waals surface area contributed by atoms with Crippen molar-refractivity contribution in [3.63, 3.8) is 0 Å². The third kappa shape index (κ3) is 1.68. The summed E-state index contributed by atoms with van der Waals surface area (Å²) in [5, 5.41) is 0. The lowest BCUT2D eigenvalue weighted by atomic mass is 9.92. The molecule has 4 nitrogen and oxygen atoms in total. The molecule has 0 radical (unpaired) electrons. The summed E-state index contributed by atoms with van der Waals surface area (Å²) in [5.74, 6) is 0.611. The lowest BCUT2D eigenvalue weighted by molar-refractivity contribution is 0.0320. The Labute approximate surface area is 107 Å². The highest BCUT2D eigenvalue weighted by atomic mass is 16.5. The zero-order chi connectivity index (χ0) is 12.8. The van der Waals surface area contributed by atoms with Crippen molar-refractivity contribution in [3.05, 3.63) is 23.8 Å². The third-order valence-electron chi connectivity index (χ3n) is 3.95. The molecule has 3 rings (SSSR count). The molecule has 96 valence electrons. The third-order valence-corrected chi connectivity index (χ3v) is 3.95. The van der Waals surface area contributed by atoms with Gasteiger partial charge in [0.1, 0.15) is 0 Å². The molecule has 0 aliphatic carbocycles. The number of nitrogens with two attached hydrogens (primary N) is 1. The van der Waals surface area contributed by atoms with Crippen molar-refractivity contribution in [2.75, 3.05) is 18.9 Å². The van der Waals surface area contributed by atoms with E-state index in [1.807, 2.05) is 0 Å². The predicted octanol–water partition coefficient (Wildman–Crippen LogP) is 2.45. The van der Waals surface area contributed by atoms with Crippen molar-refractivity contribution in [1.29, 1.82) is 0 Å². The Morgan fingerprint density at radius 2 is 2.06 bits per heavy atom. The molecule has 0 bridgehead atoms. The number of nitrogens with zero attached hydrogens (tertiary/aromatic N) is 2. The van der Waals surface area contributed by atoms with E-state index in [0.717, 1.165) is 37.1 Å². The molecule has 0 amide bonds. The van der Waals surface area contributed by atoms with Gasteiger partial charge in [-0.2, -0.15) is 0 Å². The number of anilines is 1. The van der Waals surface area contributed by atoms with Crippen molar-refractivity contribution in [2.24, 2.45) is 0 Å². The molecule has 1 aromatic carbocycles. The molecule has 2 aromatic rings. The molecule has 1 aromatic heterocycles. The van der Waals surface area contributed by atoms with E-state index in [4.69, 9.17) is 10.5 Å². The van der Waals surface area contributed by atoms with Crippen LogP contribution in [0.1, 0.15) is 25.3 Å². The molecule has 0 atom stereocenters. The van der Waals surface area contributed by atoms with E-state index in [2.05, 4.69) is 41.6 Å². The van der Waals surface area contributed by atoms with Crippen molar-refractivity contribution in [1.82, 2.24) is 9.55 Å². The first kappa shape index (κ1) is 11.5. The Morgan fingerprint density at radius 3 is 2.78 bits per heavy atom. The maximum Gasteiger partial charge on any atom is 0.201 e. The van der Waals surface area contributed by atoms with Crippen LogP contribution in [0.15, 0.2) is 18.2 Å². The number of ether oxygens (including phenoxy) is 1. The van der Waals surface area contributed by atoms with Crippen LogP contribution in [0.25, 0.3) is 11.0 Å². The van der Waals surface area contributed by atoms with Crippen molar-refractivity contribution >= 4 is 17.0 Å². The van der Waals surface area contributed by atoms with Crippen LogP contribution in [-0.4, -0.2) is 22.8 Å². The number of nitrogen functional groups attached to an aromatic ring is 1. The van der Waals surface area contributed by atoms with Gasteiger partial charge in [0.05, 0.1) is 11.0 Å². The minimum absolute atomic E-state index is 0.0202. The van der Waals surface area contributed by atoms with Gasteiger partial charge in [0, 0.05) is 18.8 Å². The topological polar surface area (TPSA) is 53.1 Å². The number of imidazole rings is 1. The van der Waals surface area contributed by atoms with Crippen LogP contribution >= 0.6 is 0 Å². The van der Waals surface area contributed by atoms with Crippen molar-refractivity contribution in [2.45, 2.75) is 32.2 Å². The first-order chi connectivity index (χ1) is 8.60. The first-order valence-electron chi connectivity index (χ1n) is 6.43. The number of fused-ring (bicyclic) bond motifs is 1. The molecule has 1 fully saturated rings. The van der Waals surface area contributed by atoms with E-state index in [-0.39, 0.29) is 5.54 Å². The molecule has 2 N–H and O–H groups in total. The fourth-order valence-electron chi connectivity index (χ4n) is 2.81. The van der Waals surface area contributed by atoms with Crippen molar-refractivity contribution in [3.8, 4) is 0 Å². The monoisotopic (exact) mass is 245 g/mol. The SMILES string of the molecule is Cc1ccc2c(c1)nc(N)n2C1(C)CCOCC1. The van der Waals surface area contributed by atoms with E-state index in [1.54, 1.807) is 0 Å². The minimum atomic E-state index is 0.0202. The van der Waals surface area contributed by atoms with Crippen LogP contribution in [0.2, 0.25) is 0 Å². The summed E-state index contributed by atoms with van der Waals surface area (Å²) in [6.45, 7) is 5.90. The van der Waals surface area contributed by atoms with Gasteiger partial charge in [-0.05, 0) is 44.4 Å². The standard InChI is InChI=1S/C14H19N3O/c1-10-3-4-12-11(9-10)16-13(15)17(12)14(2)5-7-18-8-6-14/h3-4,9H,5-8H2,1-2H3,(H2,15,16). The van der Waals surface area contributed by atoms with Crippen LogP contribution < -0.4 is 5.73 Å². The summed E-state index contributed by atoms with van der Waals surface area (Å²) >= 11 is 0. The van der Waals surface area contributed by atoms with Gasteiger partial charge in [-0.15, -0.1) is 0 Å². The number of aryl methyl sites for hydroxylation is 1. The molecule has 0 saturated carbocycles. The van der Waals surface area contributed by atoms with E-state index >= 15 is 0 Å². The van der Waals surface area contributed by atoms with Gasteiger partial charge >= 0.3 is 0 Å². The van der Waals surface area contributed by atoms with Crippen LogP contribution in [0.3, 0.4) is 0 Å². The smallest absolute Gasteiger partial charge is 0.201 e. The lowest BCUT2D eigenvalue weighted by Crippen LogP contribution is -2.37. The second-order valence-electron chi connectivity index (χ2n) is 5.41. The Kier molecular flexibility index (Phi) is 2.55. The Bertz CT molecular complexity index is 582. The van der Waals surface area contributed by atoms with Crippen LogP contribution in [0.4, 0.5) is 5.95 Å². The normalized spacial score (nSPS) is 19.2. The van der Waals surface area contributed by atoms with Crippen LogP contribution in [-0.2, 0) is 10.3 Å². The number of benzene rings is 1. The Hall–Kier alpha value is -1.55.